The molecule has 0 N–H and O–H groups in total. The maximum Gasteiger partial charge on any atom is 0.0558 e. The van der Waals surface area contributed by atoms with Crippen molar-refractivity contribution < 1.29 is 0 Å². The van der Waals surface area contributed by atoms with Gasteiger partial charge in [-0.15, -0.1) is 22.9 Å². The molecule has 0 saturated carbocycles. The molecule has 2 rings (SSSR count). The lowest BCUT2D eigenvalue weighted by atomic mass is 9.93. The minimum absolute atomic E-state index is 0.297. The second kappa shape index (κ2) is 4.62. The third-order valence-corrected chi connectivity index (χ3v) is 5.03. The zero-order valence-electron chi connectivity index (χ0n) is 8.80. The van der Waals surface area contributed by atoms with Crippen LogP contribution in [0.25, 0.3) is 0 Å². The predicted molar refractivity (Wildman–Crippen MR) is 68.1 cm³/mol. The van der Waals surface area contributed by atoms with Crippen LogP contribution in [0.3, 0.4) is 0 Å². The molecule has 1 aromatic heterocycles. The summed E-state index contributed by atoms with van der Waals surface area (Å²) in [5.74, 6) is 0.752. The van der Waals surface area contributed by atoms with Crippen LogP contribution in [0.2, 0.25) is 5.02 Å². The summed E-state index contributed by atoms with van der Waals surface area (Å²) < 4.78 is 0. The summed E-state index contributed by atoms with van der Waals surface area (Å²) in [5.41, 5.74) is 0.297. The highest BCUT2D eigenvalue weighted by molar-refractivity contribution is 7.10. The quantitative estimate of drug-likeness (QED) is 0.749. The Hall–Kier alpha value is 0.240. The number of nitrogens with zero attached hydrogens (tertiary/aromatic N) is 1. The van der Waals surface area contributed by atoms with E-state index in [1.54, 1.807) is 11.3 Å². The van der Waals surface area contributed by atoms with E-state index in [0.717, 1.165) is 30.5 Å². The summed E-state index contributed by atoms with van der Waals surface area (Å²) in [6, 6.07) is 1.97. The summed E-state index contributed by atoms with van der Waals surface area (Å²) in [5, 5.41) is 2.95. The number of rotatable bonds is 3. The van der Waals surface area contributed by atoms with Crippen molar-refractivity contribution in [1.29, 1.82) is 0 Å². The summed E-state index contributed by atoms with van der Waals surface area (Å²) in [6.07, 6.45) is 1.19. The first-order chi connectivity index (χ1) is 7.13. The molecule has 1 atom stereocenters. The summed E-state index contributed by atoms with van der Waals surface area (Å²) in [7, 11) is 0. The monoisotopic (exact) mass is 263 g/mol. The molecule has 0 spiro atoms. The maximum absolute atomic E-state index is 6.08. The average molecular weight is 264 g/mol. The van der Waals surface area contributed by atoms with Crippen LogP contribution in [0.5, 0.6) is 0 Å². The third-order valence-electron chi connectivity index (χ3n) is 3.02. The van der Waals surface area contributed by atoms with E-state index in [4.69, 9.17) is 23.2 Å². The number of thiophene rings is 1. The van der Waals surface area contributed by atoms with E-state index in [9.17, 15) is 0 Å². The standard InChI is InChI=1S/C11H15Cl2NS/c1-11(7-12)3-4-14(8-11)6-10-9(13)2-5-15-10/h2,5H,3-4,6-8H2,1H3. The molecule has 2 heterocycles. The molecular formula is C11H15Cl2NS. The van der Waals surface area contributed by atoms with E-state index < -0.39 is 0 Å². The van der Waals surface area contributed by atoms with E-state index >= 15 is 0 Å². The van der Waals surface area contributed by atoms with Crippen molar-refractivity contribution in [3.05, 3.63) is 21.3 Å². The van der Waals surface area contributed by atoms with Crippen molar-refractivity contribution in [1.82, 2.24) is 4.90 Å². The number of hydrogen-bond acceptors (Lipinski definition) is 2. The van der Waals surface area contributed by atoms with E-state index in [2.05, 4.69) is 17.2 Å². The average Bonchev–Trinajstić information content (AvgIpc) is 2.77. The van der Waals surface area contributed by atoms with Crippen LogP contribution < -0.4 is 0 Å². The SMILES string of the molecule is CC1(CCl)CCN(Cc2sccc2Cl)C1. The fourth-order valence-corrected chi connectivity index (χ4v) is 3.37. The molecule has 1 saturated heterocycles. The first kappa shape index (κ1) is 11.7. The van der Waals surface area contributed by atoms with Gasteiger partial charge in [-0.1, -0.05) is 18.5 Å². The Morgan fingerprint density at radius 1 is 1.60 bits per heavy atom. The van der Waals surface area contributed by atoms with Crippen LogP contribution in [0.4, 0.5) is 0 Å². The molecule has 4 heteroatoms. The van der Waals surface area contributed by atoms with Crippen LogP contribution in [-0.2, 0) is 6.54 Å². The smallest absolute Gasteiger partial charge is 0.0558 e. The van der Waals surface area contributed by atoms with Crippen LogP contribution in [0.1, 0.15) is 18.2 Å². The number of halogens is 2. The third kappa shape index (κ3) is 2.68. The highest BCUT2D eigenvalue weighted by atomic mass is 35.5. The van der Waals surface area contributed by atoms with Gasteiger partial charge >= 0.3 is 0 Å². The zero-order valence-corrected chi connectivity index (χ0v) is 11.1. The van der Waals surface area contributed by atoms with Gasteiger partial charge in [-0.25, -0.2) is 0 Å². The predicted octanol–water partition coefficient (Wildman–Crippen LogP) is 3.85. The second-order valence-electron chi connectivity index (χ2n) is 4.60. The van der Waals surface area contributed by atoms with E-state index in [0.29, 0.717) is 5.41 Å². The second-order valence-corrected chi connectivity index (χ2v) is 6.27. The summed E-state index contributed by atoms with van der Waals surface area (Å²) in [6.45, 7) is 5.46. The van der Waals surface area contributed by atoms with E-state index in [-0.39, 0.29) is 0 Å². The van der Waals surface area contributed by atoms with Gasteiger partial charge in [0.1, 0.15) is 0 Å². The summed E-state index contributed by atoms with van der Waals surface area (Å²) in [4.78, 5) is 3.72. The number of likely N-dealkylation sites (tertiary alicyclic amines) is 1. The van der Waals surface area contributed by atoms with Crippen molar-refractivity contribution >= 4 is 34.5 Å². The van der Waals surface area contributed by atoms with Crippen LogP contribution in [0, 0.1) is 5.41 Å². The molecule has 1 unspecified atom stereocenters. The zero-order chi connectivity index (χ0) is 10.9. The van der Waals surface area contributed by atoms with Gasteiger partial charge in [0.05, 0.1) is 5.02 Å². The number of hydrogen-bond donors (Lipinski definition) is 0. The Bertz CT molecular complexity index is 339. The molecule has 0 bridgehead atoms. The van der Waals surface area contributed by atoms with Crippen LogP contribution in [0.15, 0.2) is 11.4 Å². The molecule has 1 aliphatic rings. The lowest BCUT2D eigenvalue weighted by molar-refractivity contribution is 0.288. The molecule has 0 radical (unpaired) electrons. The Balaban J connectivity index is 1.96. The molecule has 0 aromatic carbocycles. The molecule has 0 aliphatic carbocycles. The lowest BCUT2D eigenvalue weighted by Crippen LogP contribution is -2.25. The molecule has 0 amide bonds. The van der Waals surface area contributed by atoms with Crippen molar-refractivity contribution in [2.45, 2.75) is 19.9 Å². The fraction of sp³-hybridized carbons (Fsp3) is 0.636. The largest absolute Gasteiger partial charge is 0.298 e. The van der Waals surface area contributed by atoms with Gasteiger partial charge in [-0.3, -0.25) is 4.90 Å². The van der Waals surface area contributed by atoms with Gasteiger partial charge in [0.25, 0.3) is 0 Å². The Kier molecular flexibility index (Phi) is 3.61. The normalized spacial score (nSPS) is 27.4. The maximum atomic E-state index is 6.08. The lowest BCUT2D eigenvalue weighted by Gasteiger charge is -2.21. The van der Waals surface area contributed by atoms with Crippen molar-refractivity contribution in [3.8, 4) is 0 Å². The molecular weight excluding hydrogens is 249 g/mol. The van der Waals surface area contributed by atoms with Gasteiger partial charge in [-0.2, -0.15) is 0 Å². The minimum atomic E-state index is 0.297. The molecule has 1 fully saturated rings. The van der Waals surface area contributed by atoms with Gasteiger partial charge in [0, 0.05) is 23.8 Å². The number of alkyl halides is 1. The topological polar surface area (TPSA) is 3.24 Å². The van der Waals surface area contributed by atoms with Crippen molar-refractivity contribution in [2.24, 2.45) is 5.41 Å². The van der Waals surface area contributed by atoms with Gasteiger partial charge in [0.15, 0.2) is 0 Å². The van der Waals surface area contributed by atoms with Crippen molar-refractivity contribution in [2.75, 3.05) is 19.0 Å². The molecule has 84 valence electrons. The Morgan fingerprint density at radius 2 is 2.40 bits per heavy atom. The molecule has 1 aromatic rings. The highest BCUT2D eigenvalue weighted by Gasteiger charge is 2.33. The fourth-order valence-electron chi connectivity index (χ4n) is 2.01. The highest BCUT2D eigenvalue weighted by Crippen LogP contribution is 2.33. The molecule has 15 heavy (non-hydrogen) atoms. The Morgan fingerprint density at radius 3 is 2.93 bits per heavy atom. The first-order valence-corrected chi connectivity index (χ1v) is 6.92. The minimum Gasteiger partial charge on any atom is -0.298 e. The molecule has 1 aliphatic heterocycles. The van der Waals surface area contributed by atoms with Gasteiger partial charge in [0.2, 0.25) is 0 Å². The molecule has 1 nitrogen and oxygen atoms in total. The van der Waals surface area contributed by atoms with Gasteiger partial charge < -0.3 is 0 Å². The van der Waals surface area contributed by atoms with Crippen LogP contribution in [-0.4, -0.2) is 23.9 Å². The van der Waals surface area contributed by atoms with E-state index in [1.807, 2.05) is 6.07 Å². The summed E-state index contributed by atoms with van der Waals surface area (Å²) >= 11 is 13.8. The Labute approximate surface area is 105 Å². The van der Waals surface area contributed by atoms with Gasteiger partial charge in [-0.05, 0) is 29.8 Å². The van der Waals surface area contributed by atoms with Crippen LogP contribution >= 0.6 is 34.5 Å². The first-order valence-electron chi connectivity index (χ1n) is 5.13. The van der Waals surface area contributed by atoms with E-state index in [1.165, 1.54) is 11.3 Å². The van der Waals surface area contributed by atoms with Crippen molar-refractivity contribution in [3.63, 3.8) is 0 Å².